The van der Waals surface area contributed by atoms with Crippen LogP contribution < -0.4 is 4.90 Å². The zero-order chi connectivity index (χ0) is 15.8. The number of imide groups is 1. The van der Waals surface area contributed by atoms with Gasteiger partial charge in [-0.2, -0.15) is 0 Å². The molecule has 2 amide bonds. The highest BCUT2D eigenvalue weighted by atomic mass is 16.2. The lowest BCUT2D eigenvalue weighted by Gasteiger charge is -2.19. The number of anilines is 1. The van der Waals surface area contributed by atoms with E-state index in [1.54, 1.807) is 0 Å². The fourth-order valence-corrected chi connectivity index (χ4v) is 3.85. The summed E-state index contributed by atoms with van der Waals surface area (Å²) in [6.45, 7) is 0. The van der Waals surface area contributed by atoms with Crippen molar-refractivity contribution in [2.75, 3.05) is 4.90 Å². The molecule has 0 aromatic heterocycles. The first-order chi connectivity index (χ1) is 11.3. The summed E-state index contributed by atoms with van der Waals surface area (Å²) in [6.07, 6.45) is 3.82. The van der Waals surface area contributed by atoms with Crippen LogP contribution in [0.3, 0.4) is 0 Å². The van der Waals surface area contributed by atoms with Crippen LogP contribution in [0.2, 0.25) is 0 Å². The highest BCUT2D eigenvalue weighted by Crippen LogP contribution is 2.40. The van der Waals surface area contributed by atoms with E-state index in [0.29, 0.717) is 5.69 Å². The van der Waals surface area contributed by atoms with Crippen LogP contribution >= 0.6 is 0 Å². The molecule has 2 atom stereocenters. The summed E-state index contributed by atoms with van der Waals surface area (Å²) in [5.74, 6) is -0.200. The Morgan fingerprint density at radius 2 is 1.22 bits per heavy atom. The van der Waals surface area contributed by atoms with Crippen LogP contribution in [0.1, 0.15) is 25.7 Å². The Morgan fingerprint density at radius 1 is 0.696 bits per heavy atom. The van der Waals surface area contributed by atoms with E-state index < -0.39 is 0 Å². The number of nitrogens with zero attached hydrogens (tertiary/aromatic N) is 1. The van der Waals surface area contributed by atoms with Crippen molar-refractivity contribution in [3.05, 3.63) is 54.6 Å². The molecule has 1 saturated carbocycles. The summed E-state index contributed by atoms with van der Waals surface area (Å²) in [6, 6.07) is 17.8. The Morgan fingerprint density at radius 3 is 1.78 bits per heavy atom. The number of hydrogen-bond donors (Lipinski definition) is 0. The van der Waals surface area contributed by atoms with Gasteiger partial charge in [0.2, 0.25) is 11.8 Å². The van der Waals surface area contributed by atoms with Crippen LogP contribution in [0.25, 0.3) is 11.1 Å². The third kappa shape index (κ3) is 2.37. The molecule has 2 fully saturated rings. The minimum Gasteiger partial charge on any atom is -0.274 e. The molecule has 0 bridgehead atoms. The second-order valence-electron chi connectivity index (χ2n) is 6.42. The molecule has 0 radical (unpaired) electrons. The molecule has 1 aliphatic carbocycles. The number of hydrogen-bond acceptors (Lipinski definition) is 2. The fourth-order valence-electron chi connectivity index (χ4n) is 3.85. The summed E-state index contributed by atoms with van der Waals surface area (Å²) in [4.78, 5) is 26.6. The molecule has 0 spiro atoms. The van der Waals surface area contributed by atoms with E-state index in [4.69, 9.17) is 0 Å². The summed E-state index contributed by atoms with van der Waals surface area (Å²) in [7, 11) is 0. The van der Waals surface area contributed by atoms with Gasteiger partial charge in [0, 0.05) is 0 Å². The zero-order valence-electron chi connectivity index (χ0n) is 12.9. The van der Waals surface area contributed by atoms with E-state index in [0.717, 1.165) is 36.8 Å². The quantitative estimate of drug-likeness (QED) is 0.785. The van der Waals surface area contributed by atoms with Gasteiger partial charge in [-0.05, 0) is 36.1 Å². The summed E-state index contributed by atoms with van der Waals surface area (Å²) >= 11 is 0. The average molecular weight is 305 g/mol. The van der Waals surface area contributed by atoms with Crippen molar-refractivity contribution < 1.29 is 9.59 Å². The largest absolute Gasteiger partial charge is 0.274 e. The van der Waals surface area contributed by atoms with Gasteiger partial charge in [-0.3, -0.25) is 14.5 Å². The van der Waals surface area contributed by atoms with Crippen molar-refractivity contribution >= 4 is 17.5 Å². The van der Waals surface area contributed by atoms with Gasteiger partial charge in [-0.15, -0.1) is 0 Å². The van der Waals surface area contributed by atoms with E-state index in [1.807, 2.05) is 42.5 Å². The second kappa shape index (κ2) is 5.65. The minimum atomic E-state index is -0.0925. The molecule has 1 saturated heterocycles. The van der Waals surface area contributed by atoms with E-state index in [1.165, 1.54) is 4.90 Å². The molecule has 0 N–H and O–H groups in total. The van der Waals surface area contributed by atoms with Gasteiger partial charge >= 0.3 is 0 Å². The highest BCUT2D eigenvalue weighted by Gasteiger charge is 2.48. The van der Waals surface area contributed by atoms with Crippen molar-refractivity contribution in [1.29, 1.82) is 0 Å². The van der Waals surface area contributed by atoms with Crippen molar-refractivity contribution in [3.63, 3.8) is 0 Å². The summed E-state index contributed by atoms with van der Waals surface area (Å²) in [5, 5.41) is 0. The lowest BCUT2D eigenvalue weighted by Crippen LogP contribution is -2.30. The third-order valence-corrected chi connectivity index (χ3v) is 5.07. The molecular weight excluding hydrogens is 286 g/mol. The molecule has 0 unspecified atom stereocenters. The van der Waals surface area contributed by atoms with E-state index in [9.17, 15) is 9.59 Å². The zero-order valence-corrected chi connectivity index (χ0v) is 12.9. The fraction of sp³-hybridized carbons (Fsp3) is 0.300. The van der Waals surface area contributed by atoms with Crippen molar-refractivity contribution in [3.8, 4) is 11.1 Å². The first kappa shape index (κ1) is 14.2. The Labute approximate surface area is 135 Å². The third-order valence-electron chi connectivity index (χ3n) is 5.07. The second-order valence-corrected chi connectivity index (χ2v) is 6.42. The maximum atomic E-state index is 12.6. The van der Waals surface area contributed by atoms with Crippen LogP contribution in [-0.4, -0.2) is 11.8 Å². The first-order valence-electron chi connectivity index (χ1n) is 8.29. The van der Waals surface area contributed by atoms with Gasteiger partial charge in [0.15, 0.2) is 0 Å². The maximum absolute atomic E-state index is 12.6. The molecule has 4 rings (SSSR count). The molecule has 116 valence electrons. The normalized spacial score (nSPS) is 23.9. The van der Waals surface area contributed by atoms with E-state index >= 15 is 0 Å². The molecule has 2 aromatic carbocycles. The number of fused-ring (bicyclic) bond motifs is 1. The molecule has 1 aliphatic heterocycles. The Balaban J connectivity index is 1.63. The monoisotopic (exact) mass is 305 g/mol. The molecule has 1 heterocycles. The predicted octanol–water partition coefficient (Wildman–Crippen LogP) is 4.03. The van der Waals surface area contributed by atoms with Crippen LogP contribution in [0, 0.1) is 11.8 Å². The standard InChI is InChI=1S/C20H19NO2/c22-19-17-8-4-5-9-18(17)20(23)21(19)16-12-10-15(11-13-16)14-6-2-1-3-7-14/h1-3,6-7,10-13,17-18H,4-5,8-9H2/t17-,18-/m1/s1. The van der Waals surface area contributed by atoms with Crippen LogP contribution in [0.4, 0.5) is 5.69 Å². The van der Waals surface area contributed by atoms with E-state index in [2.05, 4.69) is 12.1 Å². The minimum absolute atomic E-state index is 0.00726. The summed E-state index contributed by atoms with van der Waals surface area (Å²) in [5.41, 5.74) is 2.92. The van der Waals surface area contributed by atoms with Gasteiger partial charge in [0.05, 0.1) is 17.5 Å². The molecule has 2 aliphatic rings. The number of rotatable bonds is 2. The van der Waals surface area contributed by atoms with Gasteiger partial charge in [0.25, 0.3) is 0 Å². The average Bonchev–Trinajstić information content (AvgIpc) is 2.87. The lowest BCUT2D eigenvalue weighted by molar-refractivity contribution is -0.122. The summed E-state index contributed by atoms with van der Waals surface area (Å²) < 4.78 is 0. The molecular formula is C20H19NO2. The van der Waals surface area contributed by atoms with Crippen molar-refractivity contribution in [2.24, 2.45) is 11.8 Å². The number of carbonyl (C=O) groups excluding carboxylic acids is 2. The van der Waals surface area contributed by atoms with Gasteiger partial charge in [-0.1, -0.05) is 55.3 Å². The van der Waals surface area contributed by atoms with Crippen molar-refractivity contribution in [2.45, 2.75) is 25.7 Å². The number of amides is 2. The van der Waals surface area contributed by atoms with Crippen molar-refractivity contribution in [1.82, 2.24) is 0 Å². The van der Waals surface area contributed by atoms with Crippen LogP contribution in [-0.2, 0) is 9.59 Å². The van der Waals surface area contributed by atoms with Crippen LogP contribution in [0.15, 0.2) is 54.6 Å². The number of carbonyl (C=O) groups is 2. The first-order valence-corrected chi connectivity index (χ1v) is 8.29. The molecule has 3 heteroatoms. The van der Waals surface area contributed by atoms with Gasteiger partial charge in [-0.25, -0.2) is 0 Å². The smallest absolute Gasteiger partial charge is 0.237 e. The predicted molar refractivity (Wildman–Crippen MR) is 89.8 cm³/mol. The SMILES string of the molecule is O=C1[C@@H]2CCCC[C@H]2C(=O)N1c1ccc(-c2ccccc2)cc1. The Bertz CT molecular complexity index is 712. The lowest BCUT2D eigenvalue weighted by atomic mass is 9.81. The Kier molecular flexibility index (Phi) is 3.49. The van der Waals surface area contributed by atoms with E-state index in [-0.39, 0.29) is 23.7 Å². The topological polar surface area (TPSA) is 37.4 Å². The molecule has 23 heavy (non-hydrogen) atoms. The van der Waals surface area contributed by atoms with Gasteiger partial charge < -0.3 is 0 Å². The van der Waals surface area contributed by atoms with Crippen LogP contribution in [0.5, 0.6) is 0 Å². The highest BCUT2D eigenvalue weighted by molar-refractivity contribution is 6.22. The molecule has 3 nitrogen and oxygen atoms in total. The maximum Gasteiger partial charge on any atom is 0.237 e. The number of benzene rings is 2. The van der Waals surface area contributed by atoms with Gasteiger partial charge in [0.1, 0.15) is 0 Å². The Hall–Kier alpha value is -2.42. The molecule has 2 aromatic rings.